The summed E-state index contributed by atoms with van der Waals surface area (Å²) in [6.07, 6.45) is -3.56. The molecule has 4 rings (SSSR count). The first-order valence-corrected chi connectivity index (χ1v) is 13.5. The second-order valence-corrected chi connectivity index (χ2v) is 10.9. The molecule has 3 heterocycles. The van der Waals surface area contributed by atoms with Crippen LogP contribution in [-0.2, 0) is 29.0 Å². The van der Waals surface area contributed by atoms with Crippen LogP contribution in [0.15, 0.2) is 48.8 Å². The van der Waals surface area contributed by atoms with Crippen LogP contribution in [0, 0.1) is 11.3 Å². The molecule has 0 bridgehead atoms. The number of aliphatic hydroxyl groups excluding tert-OH is 2. The van der Waals surface area contributed by atoms with Crippen molar-refractivity contribution in [3.63, 3.8) is 0 Å². The molecule has 1 aliphatic heterocycles. The lowest BCUT2D eigenvalue weighted by Gasteiger charge is -2.29. The van der Waals surface area contributed by atoms with Gasteiger partial charge in [-0.1, -0.05) is 18.2 Å². The molecule has 2 aromatic heterocycles. The van der Waals surface area contributed by atoms with Crippen LogP contribution in [0.2, 0.25) is 0 Å². The molecule has 3 aromatic rings. The zero-order valence-electron chi connectivity index (χ0n) is 21.4. The van der Waals surface area contributed by atoms with Crippen LogP contribution < -0.4 is 15.3 Å². The predicted molar refractivity (Wildman–Crippen MR) is 136 cm³/mol. The van der Waals surface area contributed by atoms with Gasteiger partial charge in [-0.05, 0) is 45.0 Å². The van der Waals surface area contributed by atoms with E-state index in [0.717, 1.165) is 0 Å². The molecule has 15 heteroatoms. The molecule has 1 saturated heterocycles. The number of rotatable bonds is 10. The molecule has 2 unspecified atom stereocenters. The summed E-state index contributed by atoms with van der Waals surface area (Å²) in [5, 5.41) is 38.5. The summed E-state index contributed by atoms with van der Waals surface area (Å²) in [4.78, 5) is 16.4. The average molecular weight is 561 g/mol. The molecule has 0 saturated carbocycles. The third-order valence-electron chi connectivity index (χ3n) is 6.07. The van der Waals surface area contributed by atoms with E-state index in [1.165, 1.54) is 42.9 Å². The summed E-state index contributed by atoms with van der Waals surface area (Å²) < 4.78 is 37.3. The molecule has 14 nitrogen and oxygen atoms in total. The van der Waals surface area contributed by atoms with Crippen molar-refractivity contribution in [2.24, 2.45) is 0 Å². The van der Waals surface area contributed by atoms with E-state index in [2.05, 4.69) is 15.2 Å². The fraction of sp³-hybridized carbons (Fsp3) is 0.417. The van der Waals surface area contributed by atoms with Crippen molar-refractivity contribution in [3.05, 3.63) is 54.5 Å². The lowest BCUT2D eigenvalue weighted by Crippen LogP contribution is -2.47. The van der Waals surface area contributed by atoms with Crippen molar-refractivity contribution in [1.82, 2.24) is 19.7 Å². The molecule has 5 atom stereocenters. The number of hydrogen-bond donors (Lipinski definition) is 4. The Morgan fingerprint density at radius 3 is 2.69 bits per heavy atom. The van der Waals surface area contributed by atoms with Crippen molar-refractivity contribution in [2.75, 3.05) is 18.9 Å². The number of nitrogens with two attached hydrogens (primary N) is 1. The highest BCUT2D eigenvalue weighted by atomic mass is 31.2. The summed E-state index contributed by atoms with van der Waals surface area (Å²) in [5.41, 5.74) is 2.74. The number of benzene rings is 1. The largest absolute Gasteiger partial charge is 0.465 e. The Labute approximate surface area is 223 Å². The molecule has 0 aliphatic carbocycles. The molecule has 1 aromatic carbocycles. The van der Waals surface area contributed by atoms with Gasteiger partial charge in [0.25, 0.3) is 0 Å². The van der Waals surface area contributed by atoms with E-state index in [-0.39, 0.29) is 23.9 Å². The summed E-state index contributed by atoms with van der Waals surface area (Å²) >= 11 is 0. The Kier molecular flexibility index (Phi) is 7.94. The monoisotopic (exact) mass is 560 g/mol. The lowest BCUT2D eigenvalue weighted by molar-refractivity contribution is -0.149. The van der Waals surface area contributed by atoms with E-state index in [9.17, 15) is 24.8 Å². The lowest BCUT2D eigenvalue weighted by atomic mass is 9.92. The normalized spacial score (nSPS) is 24.7. The van der Waals surface area contributed by atoms with Crippen molar-refractivity contribution >= 4 is 25.1 Å². The number of aliphatic hydroxyl groups is 2. The zero-order valence-corrected chi connectivity index (χ0v) is 22.3. The number of fused-ring (bicyclic) bond motifs is 1. The van der Waals surface area contributed by atoms with E-state index in [1.54, 1.807) is 31.2 Å². The molecule has 0 spiro atoms. The van der Waals surface area contributed by atoms with Crippen molar-refractivity contribution in [1.29, 1.82) is 5.26 Å². The maximum atomic E-state index is 13.9. The molecule has 0 amide bonds. The molecule has 0 radical (unpaired) electrons. The quantitative estimate of drug-likeness (QED) is 0.204. The Hall–Kier alpha value is -3.57. The maximum absolute atomic E-state index is 13.9. The number of nitrogen functional groups attached to an aromatic ring is 1. The van der Waals surface area contributed by atoms with Crippen molar-refractivity contribution in [3.8, 4) is 11.8 Å². The van der Waals surface area contributed by atoms with Crippen LogP contribution >= 0.6 is 7.75 Å². The van der Waals surface area contributed by atoms with Gasteiger partial charge in [-0.15, -0.1) is 0 Å². The first-order valence-electron chi connectivity index (χ1n) is 12.0. The van der Waals surface area contributed by atoms with Crippen LogP contribution in [0.1, 0.15) is 26.5 Å². The van der Waals surface area contributed by atoms with Crippen LogP contribution in [0.5, 0.6) is 5.75 Å². The van der Waals surface area contributed by atoms with Gasteiger partial charge < -0.3 is 29.9 Å². The molecule has 1 aliphatic rings. The number of aromatic nitrogens is 3. The van der Waals surface area contributed by atoms with E-state index < -0.39 is 49.8 Å². The van der Waals surface area contributed by atoms with Crippen molar-refractivity contribution in [2.45, 2.75) is 50.2 Å². The second kappa shape index (κ2) is 10.9. The van der Waals surface area contributed by atoms with Gasteiger partial charge in [0.2, 0.25) is 5.60 Å². The van der Waals surface area contributed by atoms with Gasteiger partial charge >= 0.3 is 13.7 Å². The number of ether oxygens (including phenoxy) is 2. The first-order chi connectivity index (χ1) is 18.5. The molecule has 1 fully saturated rings. The molecule has 5 N–H and O–H groups in total. The number of carbonyl (C=O) groups is 1. The highest BCUT2D eigenvalue weighted by Crippen LogP contribution is 2.48. The molecule has 39 heavy (non-hydrogen) atoms. The predicted octanol–water partition coefficient (Wildman–Crippen LogP) is 1.29. The van der Waals surface area contributed by atoms with Crippen LogP contribution in [0.3, 0.4) is 0 Å². The van der Waals surface area contributed by atoms with E-state index >= 15 is 0 Å². The zero-order chi connectivity index (χ0) is 28.4. The number of nitrogens with one attached hydrogen (secondary N) is 1. The molecular weight excluding hydrogens is 531 g/mol. The number of carbonyl (C=O) groups excluding carboxylic acids is 1. The first kappa shape index (κ1) is 28.4. The van der Waals surface area contributed by atoms with Gasteiger partial charge in [0.05, 0.1) is 18.9 Å². The number of para-hydroxylation sites is 1. The SMILES string of the molecule is CCOC(=O)C(C)(C)NP(=O)(OC[C@H]1OC(C#N)(c2ccc3c(N)ncnn23)[C@H](O)[C@@H]1O)Oc1ccccc1. The van der Waals surface area contributed by atoms with E-state index in [1.807, 2.05) is 6.07 Å². The van der Waals surface area contributed by atoms with Gasteiger partial charge in [0.1, 0.15) is 47.5 Å². The minimum Gasteiger partial charge on any atom is -0.465 e. The van der Waals surface area contributed by atoms with E-state index in [0.29, 0.717) is 5.52 Å². The van der Waals surface area contributed by atoms with Gasteiger partial charge in [0, 0.05) is 0 Å². The van der Waals surface area contributed by atoms with Crippen LogP contribution in [0.25, 0.3) is 5.52 Å². The van der Waals surface area contributed by atoms with Crippen molar-refractivity contribution < 1.29 is 38.1 Å². The summed E-state index contributed by atoms with van der Waals surface area (Å²) in [7, 11) is -4.34. The van der Waals surface area contributed by atoms with Gasteiger partial charge in [-0.25, -0.2) is 14.1 Å². The van der Waals surface area contributed by atoms with Crippen LogP contribution in [0.4, 0.5) is 5.82 Å². The Morgan fingerprint density at radius 2 is 2.03 bits per heavy atom. The fourth-order valence-electron chi connectivity index (χ4n) is 4.12. The Balaban J connectivity index is 1.61. The standard InChI is InChI=1S/C24H29N6O8P/c1-4-35-22(33)23(2,3)29-39(34,38-15-8-6-5-7-9-15)36-12-17-19(31)20(32)24(13-25,37-17)18-11-10-16-21(26)27-14-28-30(16)18/h5-11,14,17,19-20,31-32H,4,12H2,1-3H3,(H,29,34)(H2,26,27,28)/t17-,19-,20-,24?,39?/m1/s1. The fourth-order valence-corrected chi connectivity index (χ4v) is 5.80. The number of esters is 1. The summed E-state index contributed by atoms with van der Waals surface area (Å²) in [6.45, 7) is 4.00. The van der Waals surface area contributed by atoms with Gasteiger partial charge in [0.15, 0.2) is 5.82 Å². The Bertz CT molecular complexity index is 1430. The average Bonchev–Trinajstić information content (AvgIpc) is 3.44. The number of anilines is 1. The number of nitriles is 1. The van der Waals surface area contributed by atoms with Gasteiger partial charge in [-0.2, -0.15) is 15.4 Å². The Morgan fingerprint density at radius 1 is 1.31 bits per heavy atom. The van der Waals surface area contributed by atoms with E-state index in [4.69, 9.17) is 24.3 Å². The van der Waals surface area contributed by atoms with Gasteiger partial charge in [-0.3, -0.25) is 9.32 Å². The molecular formula is C24H29N6O8P. The third kappa shape index (κ3) is 5.46. The minimum atomic E-state index is -4.34. The topological polar surface area (TPSA) is 204 Å². The smallest absolute Gasteiger partial charge is 0.459 e. The van der Waals surface area contributed by atoms with Crippen LogP contribution in [-0.4, -0.2) is 67.8 Å². The minimum absolute atomic E-state index is 0.0911. The maximum Gasteiger partial charge on any atom is 0.459 e. The highest BCUT2D eigenvalue weighted by molar-refractivity contribution is 7.52. The molecule has 208 valence electrons. The number of nitrogens with zero attached hydrogens (tertiary/aromatic N) is 4. The third-order valence-corrected chi connectivity index (χ3v) is 7.84. The highest BCUT2D eigenvalue weighted by Gasteiger charge is 2.58. The number of hydrogen-bond acceptors (Lipinski definition) is 12. The second-order valence-electron chi connectivity index (χ2n) is 9.25. The summed E-state index contributed by atoms with van der Waals surface area (Å²) in [5.74, 6) is -0.404. The summed E-state index contributed by atoms with van der Waals surface area (Å²) in [6, 6.07) is 13.0.